The van der Waals surface area contributed by atoms with Crippen molar-refractivity contribution in [3.8, 4) is 11.5 Å². The molecule has 1 amide bonds. The average molecular weight is 502 g/mol. The molecule has 2 aromatic carbocycles. The van der Waals surface area contributed by atoms with Crippen LogP contribution in [0.1, 0.15) is 24.8 Å². The summed E-state index contributed by atoms with van der Waals surface area (Å²) in [6, 6.07) is 12.6. The van der Waals surface area contributed by atoms with E-state index in [1.807, 2.05) is 12.1 Å². The maximum atomic E-state index is 11.6. The number of piperazine rings is 1. The number of unbranched alkanes of at least 4 members (excludes halogenated alkanes) is 1. The molecule has 2 aliphatic heterocycles. The van der Waals surface area contributed by atoms with E-state index in [0.717, 1.165) is 69.2 Å². The molecule has 1 saturated heterocycles. The van der Waals surface area contributed by atoms with Crippen LogP contribution < -0.4 is 19.7 Å². The molecule has 1 fully saturated rings. The molecule has 3 aromatic rings. The Morgan fingerprint density at radius 3 is 2.74 bits per heavy atom. The van der Waals surface area contributed by atoms with Crippen molar-refractivity contribution in [2.75, 3.05) is 56.7 Å². The number of thiophene rings is 1. The number of amides is 1. The normalized spacial score (nSPS) is 16.0. The van der Waals surface area contributed by atoms with Crippen molar-refractivity contribution in [1.82, 2.24) is 4.90 Å². The van der Waals surface area contributed by atoms with Crippen molar-refractivity contribution in [3.63, 3.8) is 0 Å². The van der Waals surface area contributed by atoms with E-state index < -0.39 is 0 Å². The van der Waals surface area contributed by atoms with Gasteiger partial charge < -0.3 is 19.7 Å². The van der Waals surface area contributed by atoms with Gasteiger partial charge in [0.15, 0.2) is 0 Å². The van der Waals surface area contributed by atoms with Gasteiger partial charge in [-0.15, -0.1) is 23.7 Å². The molecule has 0 aliphatic carbocycles. The van der Waals surface area contributed by atoms with Gasteiger partial charge in [-0.3, -0.25) is 9.69 Å². The fraction of sp³-hybridized carbons (Fsp3) is 0.423. The molecule has 0 atom stereocenters. The highest BCUT2D eigenvalue weighted by Crippen LogP contribution is 2.39. The van der Waals surface area contributed by atoms with Crippen molar-refractivity contribution >= 4 is 51.1 Å². The van der Waals surface area contributed by atoms with Crippen LogP contribution in [0.4, 0.5) is 11.4 Å². The second-order valence-electron chi connectivity index (χ2n) is 8.71. The van der Waals surface area contributed by atoms with Gasteiger partial charge >= 0.3 is 0 Å². The third kappa shape index (κ3) is 5.43. The Kier molecular flexibility index (Phi) is 8.19. The molecule has 0 spiro atoms. The van der Waals surface area contributed by atoms with Crippen molar-refractivity contribution in [1.29, 1.82) is 0 Å². The molecule has 182 valence electrons. The predicted molar refractivity (Wildman–Crippen MR) is 142 cm³/mol. The topological polar surface area (TPSA) is 54.0 Å². The van der Waals surface area contributed by atoms with Gasteiger partial charge in [-0.2, -0.15) is 0 Å². The fourth-order valence-corrected chi connectivity index (χ4v) is 5.66. The lowest BCUT2D eigenvalue weighted by Crippen LogP contribution is -2.46. The summed E-state index contributed by atoms with van der Waals surface area (Å²) in [6.07, 6.45) is 3.52. The fourth-order valence-electron chi connectivity index (χ4n) is 4.74. The van der Waals surface area contributed by atoms with E-state index in [2.05, 4.69) is 44.8 Å². The standard InChI is InChI=1S/C26H31N3O3S.ClH/c1-31-23-18-33-24-6-4-5-22(26(23)24)29-14-12-28(13-15-29)11-2-3-16-32-20-9-7-19-8-10-25(30)27-21(19)17-20;/h4-7,9,17-18H,2-3,8,10-16H2,1H3,(H,27,30);1H. The van der Waals surface area contributed by atoms with Crippen LogP contribution >= 0.6 is 23.7 Å². The molecule has 0 saturated carbocycles. The summed E-state index contributed by atoms with van der Waals surface area (Å²) >= 11 is 1.75. The Morgan fingerprint density at radius 2 is 1.91 bits per heavy atom. The molecule has 34 heavy (non-hydrogen) atoms. The summed E-state index contributed by atoms with van der Waals surface area (Å²) < 4.78 is 12.8. The van der Waals surface area contributed by atoms with Crippen molar-refractivity contribution in [2.24, 2.45) is 0 Å². The maximum Gasteiger partial charge on any atom is 0.224 e. The Labute approximate surface area is 211 Å². The molecule has 0 bridgehead atoms. The number of carbonyl (C=O) groups excluding carboxylic acids is 1. The molecular formula is C26H32ClN3O3S. The molecule has 5 rings (SSSR count). The maximum absolute atomic E-state index is 11.6. The van der Waals surface area contributed by atoms with Gasteiger partial charge in [-0.1, -0.05) is 12.1 Å². The lowest BCUT2D eigenvalue weighted by atomic mass is 10.0. The van der Waals surface area contributed by atoms with Crippen molar-refractivity contribution < 1.29 is 14.3 Å². The third-order valence-electron chi connectivity index (χ3n) is 6.59. The molecule has 2 aliphatic rings. The van der Waals surface area contributed by atoms with Crippen LogP contribution in [-0.2, 0) is 11.2 Å². The Morgan fingerprint density at radius 1 is 1.06 bits per heavy atom. The number of anilines is 2. The minimum atomic E-state index is 0. The van der Waals surface area contributed by atoms with Crippen LogP contribution in [0.2, 0.25) is 0 Å². The van der Waals surface area contributed by atoms with E-state index in [1.165, 1.54) is 21.3 Å². The third-order valence-corrected chi connectivity index (χ3v) is 7.52. The number of methoxy groups -OCH3 is 1. The summed E-state index contributed by atoms with van der Waals surface area (Å²) in [5.41, 5.74) is 3.38. The van der Waals surface area contributed by atoms with E-state index in [1.54, 1.807) is 18.4 Å². The van der Waals surface area contributed by atoms with E-state index in [0.29, 0.717) is 13.0 Å². The quantitative estimate of drug-likeness (QED) is 0.430. The van der Waals surface area contributed by atoms with Crippen LogP contribution in [0.25, 0.3) is 10.1 Å². The first-order valence-electron chi connectivity index (χ1n) is 11.8. The van der Waals surface area contributed by atoms with Gasteiger partial charge in [0.05, 0.1) is 19.1 Å². The molecule has 0 radical (unpaired) electrons. The smallest absolute Gasteiger partial charge is 0.224 e. The molecule has 3 heterocycles. The average Bonchev–Trinajstić information content (AvgIpc) is 3.27. The van der Waals surface area contributed by atoms with Crippen LogP contribution in [0.5, 0.6) is 11.5 Å². The second-order valence-corrected chi connectivity index (χ2v) is 9.62. The van der Waals surface area contributed by atoms with Crippen LogP contribution in [0.3, 0.4) is 0 Å². The zero-order valence-corrected chi connectivity index (χ0v) is 21.2. The zero-order valence-electron chi connectivity index (χ0n) is 19.5. The molecule has 6 nitrogen and oxygen atoms in total. The number of hydrogen-bond donors (Lipinski definition) is 1. The molecule has 0 unspecified atom stereocenters. The number of halogens is 1. The highest BCUT2D eigenvalue weighted by Gasteiger charge is 2.20. The Balaban J connectivity index is 0.00000274. The number of rotatable bonds is 8. The summed E-state index contributed by atoms with van der Waals surface area (Å²) in [4.78, 5) is 16.6. The number of fused-ring (bicyclic) bond motifs is 2. The van der Waals surface area contributed by atoms with Crippen LogP contribution in [0, 0.1) is 0 Å². The highest BCUT2D eigenvalue weighted by atomic mass is 35.5. The number of ether oxygens (including phenoxy) is 2. The lowest BCUT2D eigenvalue weighted by Gasteiger charge is -2.36. The largest absolute Gasteiger partial charge is 0.495 e. The van der Waals surface area contributed by atoms with Crippen LogP contribution in [-0.4, -0.2) is 57.2 Å². The highest BCUT2D eigenvalue weighted by molar-refractivity contribution is 7.17. The number of aryl methyl sites for hydroxylation is 1. The van der Waals surface area contributed by atoms with E-state index in [4.69, 9.17) is 9.47 Å². The minimum Gasteiger partial charge on any atom is -0.495 e. The first-order valence-corrected chi connectivity index (χ1v) is 12.7. The van der Waals surface area contributed by atoms with E-state index >= 15 is 0 Å². The van der Waals surface area contributed by atoms with Gasteiger partial charge in [-0.25, -0.2) is 0 Å². The first-order chi connectivity index (χ1) is 16.2. The van der Waals surface area contributed by atoms with E-state index in [9.17, 15) is 4.79 Å². The van der Waals surface area contributed by atoms with Gasteiger partial charge in [0, 0.05) is 60.1 Å². The Bertz CT molecular complexity index is 1130. The number of nitrogens with one attached hydrogen (secondary N) is 1. The summed E-state index contributed by atoms with van der Waals surface area (Å²) in [7, 11) is 1.75. The molecule has 1 N–H and O–H groups in total. The number of nitrogens with zero attached hydrogens (tertiary/aromatic N) is 2. The number of carbonyl (C=O) groups is 1. The second kappa shape index (κ2) is 11.3. The monoisotopic (exact) mass is 501 g/mol. The predicted octanol–water partition coefficient (Wildman–Crippen LogP) is 5.20. The first kappa shape index (κ1) is 24.6. The van der Waals surface area contributed by atoms with Crippen LogP contribution in [0.15, 0.2) is 41.8 Å². The van der Waals surface area contributed by atoms with Gasteiger partial charge in [0.25, 0.3) is 0 Å². The molecule has 8 heteroatoms. The number of benzene rings is 2. The van der Waals surface area contributed by atoms with Gasteiger partial charge in [0.2, 0.25) is 5.91 Å². The SMILES string of the molecule is COc1csc2cccc(N3CCN(CCCCOc4ccc5c(c4)NC(=O)CC5)CC3)c12.Cl. The molecular weight excluding hydrogens is 470 g/mol. The lowest BCUT2D eigenvalue weighted by molar-refractivity contribution is -0.116. The van der Waals surface area contributed by atoms with Gasteiger partial charge in [-0.05, 0) is 49.6 Å². The minimum absolute atomic E-state index is 0. The number of hydrogen-bond acceptors (Lipinski definition) is 6. The van der Waals surface area contributed by atoms with Gasteiger partial charge in [0.1, 0.15) is 11.5 Å². The Hall–Kier alpha value is -2.48. The zero-order chi connectivity index (χ0) is 22.6. The summed E-state index contributed by atoms with van der Waals surface area (Å²) in [5, 5.41) is 6.29. The molecule has 1 aromatic heterocycles. The van der Waals surface area contributed by atoms with Crippen molar-refractivity contribution in [2.45, 2.75) is 25.7 Å². The van der Waals surface area contributed by atoms with Crippen molar-refractivity contribution in [3.05, 3.63) is 47.3 Å². The summed E-state index contributed by atoms with van der Waals surface area (Å²) in [5.74, 6) is 1.91. The summed E-state index contributed by atoms with van der Waals surface area (Å²) in [6.45, 7) is 6.03. The van der Waals surface area contributed by atoms with E-state index in [-0.39, 0.29) is 18.3 Å².